The summed E-state index contributed by atoms with van der Waals surface area (Å²) in [6.07, 6.45) is 2.10. The summed E-state index contributed by atoms with van der Waals surface area (Å²) >= 11 is 0. The molecule has 116 valence electrons. The molecule has 21 heavy (non-hydrogen) atoms. The van der Waals surface area contributed by atoms with Gasteiger partial charge in [-0.1, -0.05) is 38.1 Å². The fraction of sp³-hybridized carbons (Fsp3) is 0.588. The van der Waals surface area contributed by atoms with E-state index in [4.69, 9.17) is 4.74 Å². The number of hydrogen-bond acceptors (Lipinski definition) is 3. The summed E-state index contributed by atoms with van der Waals surface area (Å²) in [4.78, 5) is 12.3. The van der Waals surface area contributed by atoms with Gasteiger partial charge in [0.25, 0.3) is 0 Å². The molecule has 1 aromatic carbocycles. The summed E-state index contributed by atoms with van der Waals surface area (Å²) in [5.74, 6) is 0.00661. The Morgan fingerprint density at radius 2 is 1.90 bits per heavy atom. The van der Waals surface area contributed by atoms with Gasteiger partial charge in [-0.25, -0.2) is 0 Å². The van der Waals surface area contributed by atoms with Crippen LogP contribution < -0.4 is 10.6 Å². The first kappa shape index (κ1) is 16.0. The SMILES string of the molecule is CCCNC1COCC1C(=O)NCc1ccc(CC)cc1. The van der Waals surface area contributed by atoms with E-state index < -0.39 is 0 Å². The van der Waals surface area contributed by atoms with Crippen LogP contribution in [0.4, 0.5) is 0 Å². The summed E-state index contributed by atoms with van der Waals surface area (Å²) < 4.78 is 5.45. The maximum absolute atomic E-state index is 12.3. The number of benzene rings is 1. The van der Waals surface area contributed by atoms with Crippen LogP contribution in [0.3, 0.4) is 0 Å². The fourth-order valence-corrected chi connectivity index (χ4v) is 2.56. The maximum Gasteiger partial charge on any atom is 0.227 e. The normalized spacial score (nSPS) is 21.4. The van der Waals surface area contributed by atoms with Crippen LogP contribution in [0.15, 0.2) is 24.3 Å². The Hall–Kier alpha value is -1.39. The number of amides is 1. The van der Waals surface area contributed by atoms with E-state index in [2.05, 4.69) is 48.7 Å². The molecule has 2 atom stereocenters. The zero-order valence-corrected chi connectivity index (χ0v) is 13.0. The van der Waals surface area contributed by atoms with Gasteiger partial charge in [-0.05, 0) is 30.5 Å². The highest BCUT2D eigenvalue weighted by atomic mass is 16.5. The van der Waals surface area contributed by atoms with Crippen LogP contribution in [0.2, 0.25) is 0 Å². The average molecular weight is 290 g/mol. The van der Waals surface area contributed by atoms with Crippen LogP contribution in [0.25, 0.3) is 0 Å². The fourth-order valence-electron chi connectivity index (χ4n) is 2.56. The van der Waals surface area contributed by atoms with Gasteiger partial charge in [-0.3, -0.25) is 4.79 Å². The molecule has 2 N–H and O–H groups in total. The van der Waals surface area contributed by atoms with Gasteiger partial charge >= 0.3 is 0 Å². The Kier molecular flexibility index (Phi) is 6.21. The molecule has 1 aliphatic heterocycles. The van der Waals surface area contributed by atoms with Gasteiger partial charge in [0.15, 0.2) is 0 Å². The van der Waals surface area contributed by atoms with E-state index in [1.165, 1.54) is 5.56 Å². The number of hydrogen-bond donors (Lipinski definition) is 2. The van der Waals surface area contributed by atoms with Crippen LogP contribution in [0.5, 0.6) is 0 Å². The van der Waals surface area contributed by atoms with Crippen molar-refractivity contribution >= 4 is 5.91 Å². The highest BCUT2D eigenvalue weighted by Crippen LogP contribution is 2.14. The predicted octanol–water partition coefficient (Wildman–Crippen LogP) is 1.88. The molecular weight excluding hydrogens is 264 g/mol. The zero-order chi connectivity index (χ0) is 15.1. The van der Waals surface area contributed by atoms with Crippen molar-refractivity contribution in [2.45, 2.75) is 39.3 Å². The third-order valence-corrected chi connectivity index (χ3v) is 3.97. The molecule has 1 aromatic rings. The minimum atomic E-state index is -0.0773. The molecule has 0 aromatic heterocycles. The van der Waals surface area contributed by atoms with Gasteiger partial charge in [0, 0.05) is 12.6 Å². The summed E-state index contributed by atoms with van der Waals surface area (Å²) in [5.41, 5.74) is 2.45. The monoisotopic (exact) mass is 290 g/mol. The molecule has 1 saturated heterocycles. The molecule has 2 unspecified atom stereocenters. The van der Waals surface area contributed by atoms with E-state index in [-0.39, 0.29) is 17.9 Å². The van der Waals surface area contributed by atoms with Gasteiger partial charge < -0.3 is 15.4 Å². The van der Waals surface area contributed by atoms with Gasteiger partial charge in [0.05, 0.1) is 19.1 Å². The molecule has 0 bridgehead atoms. The minimum absolute atomic E-state index is 0.0773. The van der Waals surface area contributed by atoms with Crippen molar-refractivity contribution in [3.05, 3.63) is 35.4 Å². The van der Waals surface area contributed by atoms with Crippen LogP contribution in [0.1, 0.15) is 31.4 Å². The van der Waals surface area contributed by atoms with Gasteiger partial charge in [0.1, 0.15) is 0 Å². The van der Waals surface area contributed by atoms with E-state index >= 15 is 0 Å². The second kappa shape index (κ2) is 8.15. The number of rotatable bonds is 7. The summed E-state index contributed by atoms with van der Waals surface area (Å²) in [7, 11) is 0. The van der Waals surface area contributed by atoms with Crippen molar-refractivity contribution in [2.75, 3.05) is 19.8 Å². The van der Waals surface area contributed by atoms with Crippen molar-refractivity contribution < 1.29 is 9.53 Å². The molecule has 1 heterocycles. The average Bonchev–Trinajstić information content (AvgIpc) is 2.99. The predicted molar refractivity (Wildman–Crippen MR) is 84.1 cm³/mol. The third kappa shape index (κ3) is 4.55. The molecule has 4 heteroatoms. The number of nitrogens with one attached hydrogen (secondary N) is 2. The van der Waals surface area contributed by atoms with E-state index in [0.717, 1.165) is 24.9 Å². The minimum Gasteiger partial charge on any atom is -0.379 e. The maximum atomic E-state index is 12.3. The Morgan fingerprint density at radius 3 is 2.57 bits per heavy atom. The lowest BCUT2D eigenvalue weighted by molar-refractivity contribution is -0.125. The standard InChI is InChI=1S/C17H26N2O2/c1-3-9-18-16-12-21-11-15(16)17(20)19-10-14-7-5-13(4-2)6-8-14/h5-8,15-16,18H,3-4,9-12H2,1-2H3,(H,19,20). The summed E-state index contributed by atoms with van der Waals surface area (Å²) in [6.45, 7) is 6.92. The van der Waals surface area contributed by atoms with Gasteiger partial charge in [-0.15, -0.1) is 0 Å². The van der Waals surface area contributed by atoms with Crippen molar-refractivity contribution in [3.8, 4) is 0 Å². The second-order valence-corrected chi connectivity index (χ2v) is 5.59. The Morgan fingerprint density at radius 1 is 1.19 bits per heavy atom. The first-order valence-corrected chi connectivity index (χ1v) is 7.91. The first-order chi connectivity index (χ1) is 10.2. The molecule has 2 rings (SSSR count). The van der Waals surface area contributed by atoms with E-state index in [1.54, 1.807) is 0 Å². The Bertz CT molecular complexity index is 445. The van der Waals surface area contributed by atoms with E-state index in [0.29, 0.717) is 19.8 Å². The van der Waals surface area contributed by atoms with Crippen molar-refractivity contribution in [2.24, 2.45) is 5.92 Å². The third-order valence-electron chi connectivity index (χ3n) is 3.97. The largest absolute Gasteiger partial charge is 0.379 e. The Labute approximate surface area is 127 Å². The highest BCUT2D eigenvalue weighted by molar-refractivity contribution is 5.79. The van der Waals surface area contributed by atoms with Crippen molar-refractivity contribution in [1.82, 2.24) is 10.6 Å². The van der Waals surface area contributed by atoms with E-state index in [1.807, 2.05) is 0 Å². The molecule has 1 aliphatic rings. The van der Waals surface area contributed by atoms with Gasteiger partial charge in [0.2, 0.25) is 5.91 Å². The number of ether oxygens (including phenoxy) is 1. The van der Waals surface area contributed by atoms with Crippen molar-refractivity contribution in [1.29, 1.82) is 0 Å². The molecule has 1 amide bonds. The van der Waals surface area contributed by atoms with Crippen LogP contribution in [0, 0.1) is 5.92 Å². The summed E-state index contributed by atoms with van der Waals surface area (Å²) in [5, 5.41) is 6.42. The number of carbonyl (C=O) groups is 1. The molecule has 4 nitrogen and oxygen atoms in total. The molecule has 0 radical (unpaired) electrons. The smallest absolute Gasteiger partial charge is 0.227 e. The van der Waals surface area contributed by atoms with E-state index in [9.17, 15) is 4.79 Å². The first-order valence-electron chi connectivity index (χ1n) is 7.91. The van der Waals surface area contributed by atoms with Gasteiger partial charge in [-0.2, -0.15) is 0 Å². The molecule has 0 saturated carbocycles. The van der Waals surface area contributed by atoms with Crippen LogP contribution >= 0.6 is 0 Å². The molecular formula is C17H26N2O2. The highest BCUT2D eigenvalue weighted by Gasteiger charge is 2.33. The van der Waals surface area contributed by atoms with Crippen LogP contribution in [-0.4, -0.2) is 31.7 Å². The lowest BCUT2D eigenvalue weighted by Gasteiger charge is -2.18. The Balaban J connectivity index is 1.82. The van der Waals surface area contributed by atoms with Crippen LogP contribution in [-0.2, 0) is 22.5 Å². The lowest BCUT2D eigenvalue weighted by Crippen LogP contribution is -2.44. The quantitative estimate of drug-likeness (QED) is 0.806. The topological polar surface area (TPSA) is 50.4 Å². The zero-order valence-electron chi connectivity index (χ0n) is 13.0. The van der Waals surface area contributed by atoms with Crippen molar-refractivity contribution in [3.63, 3.8) is 0 Å². The summed E-state index contributed by atoms with van der Waals surface area (Å²) in [6, 6.07) is 8.54. The number of carbonyl (C=O) groups excluding carboxylic acids is 1. The lowest BCUT2D eigenvalue weighted by atomic mass is 10.0. The molecule has 1 fully saturated rings. The molecule has 0 aliphatic carbocycles. The second-order valence-electron chi connectivity index (χ2n) is 5.59. The molecule has 0 spiro atoms. The number of aryl methyl sites for hydroxylation is 1.